The highest BCUT2D eigenvalue weighted by atomic mass is 16.6. The molecule has 0 saturated heterocycles. The molecule has 0 rings (SSSR count). The maximum Gasteiger partial charge on any atom is 0.104 e. The van der Waals surface area contributed by atoms with E-state index in [0.29, 0.717) is 92.5 Å². The minimum absolute atomic E-state index is 0.201. The summed E-state index contributed by atoms with van der Waals surface area (Å²) in [7, 11) is 0. The standard InChI is InChI=1S/C28H58O10/c1-5-9-29-13-17-33-23-27(24-34-18-14-30-10-6-2)37-21-22-38-28(25-35-19-15-31-11-7-3)26-36-20-16-32-12-8-4/h27-28H,5-26H2,1-4H3. The van der Waals surface area contributed by atoms with Crippen molar-refractivity contribution in [2.45, 2.75) is 65.6 Å². The summed E-state index contributed by atoms with van der Waals surface area (Å²) in [6.07, 6.45) is 3.58. The molecule has 0 bridgehead atoms. The molecular formula is C28H58O10. The van der Waals surface area contributed by atoms with Gasteiger partial charge >= 0.3 is 0 Å². The zero-order valence-electron chi connectivity index (χ0n) is 24.8. The normalized spacial score (nSPS) is 11.8. The van der Waals surface area contributed by atoms with Gasteiger partial charge in [0.15, 0.2) is 0 Å². The van der Waals surface area contributed by atoms with Crippen LogP contribution in [0, 0.1) is 0 Å². The van der Waals surface area contributed by atoms with Crippen LogP contribution in [0.2, 0.25) is 0 Å². The molecule has 0 spiro atoms. The van der Waals surface area contributed by atoms with Gasteiger partial charge in [-0.15, -0.1) is 0 Å². The van der Waals surface area contributed by atoms with Crippen LogP contribution >= 0.6 is 0 Å². The average molecular weight is 555 g/mol. The van der Waals surface area contributed by atoms with Gasteiger partial charge in [0, 0.05) is 26.4 Å². The predicted molar refractivity (Wildman–Crippen MR) is 147 cm³/mol. The fourth-order valence-corrected chi connectivity index (χ4v) is 3.03. The van der Waals surface area contributed by atoms with Crippen LogP contribution in [0.25, 0.3) is 0 Å². The fourth-order valence-electron chi connectivity index (χ4n) is 3.03. The summed E-state index contributed by atoms with van der Waals surface area (Å²) in [5.41, 5.74) is 0. The molecule has 0 heterocycles. The molecule has 0 aromatic rings. The predicted octanol–water partition coefficient (Wildman–Crippen LogP) is 3.53. The summed E-state index contributed by atoms with van der Waals surface area (Å²) in [4.78, 5) is 0. The summed E-state index contributed by atoms with van der Waals surface area (Å²) in [5.74, 6) is 0. The van der Waals surface area contributed by atoms with E-state index in [4.69, 9.17) is 47.4 Å². The van der Waals surface area contributed by atoms with Crippen molar-refractivity contribution in [2.75, 3.05) is 119 Å². The third-order valence-corrected chi connectivity index (χ3v) is 4.89. The third kappa shape index (κ3) is 28.6. The van der Waals surface area contributed by atoms with Gasteiger partial charge in [0.2, 0.25) is 0 Å². The molecule has 0 aliphatic rings. The maximum atomic E-state index is 6.01. The summed E-state index contributed by atoms with van der Waals surface area (Å²) in [5, 5.41) is 0. The quantitative estimate of drug-likeness (QED) is 0.112. The Hall–Kier alpha value is -0.400. The highest BCUT2D eigenvalue weighted by Gasteiger charge is 2.13. The zero-order chi connectivity index (χ0) is 27.8. The van der Waals surface area contributed by atoms with Crippen molar-refractivity contribution in [1.29, 1.82) is 0 Å². The molecule has 10 nitrogen and oxygen atoms in total. The minimum atomic E-state index is -0.201. The van der Waals surface area contributed by atoms with Crippen molar-refractivity contribution >= 4 is 0 Å². The lowest BCUT2D eigenvalue weighted by Crippen LogP contribution is -2.31. The molecule has 0 saturated carbocycles. The van der Waals surface area contributed by atoms with Gasteiger partial charge in [0.1, 0.15) is 12.2 Å². The highest BCUT2D eigenvalue weighted by molar-refractivity contribution is 4.59. The van der Waals surface area contributed by atoms with E-state index in [1.165, 1.54) is 0 Å². The second kappa shape index (κ2) is 32.8. The van der Waals surface area contributed by atoms with E-state index in [-0.39, 0.29) is 12.2 Å². The largest absolute Gasteiger partial charge is 0.379 e. The second-order valence-corrected chi connectivity index (χ2v) is 8.73. The maximum absolute atomic E-state index is 6.01. The molecular weight excluding hydrogens is 496 g/mol. The van der Waals surface area contributed by atoms with Crippen molar-refractivity contribution < 1.29 is 47.4 Å². The molecule has 38 heavy (non-hydrogen) atoms. The summed E-state index contributed by atoms with van der Waals surface area (Å²) in [6.45, 7) is 18.2. The van der Waals surface area contributed by atoms with Gasteiger partial charge in [-0.25, -0.2) is 0 Å². The van der Waals surface area contributed by atoms with Crippen molar-refractivity contribution in [2.24, 2.45) is 0 Å². The molecule has 0 aliphatic heterocycles. The number of rotatable bonds is 33. The van der Waals surface area contributed by atoms with Gasteiger partial charge in [-0.3, -0.25) is 0 Å². The molecule has 10 heteroatoms. The van der Waals surface area contributed by atoms with Gasteiger partial charge in [-0.2, -0.15) is 0 Å². The Morgan fingerprint density at radius 2 is 0.526 bits per heavy atom. The van der Waals surface area contributed by atoms with Crippen molar-refractivity contribution in [3.05, 3.63) is 0 Å². The summed E-state index contributed by atoms with van der Waals surface area (Å²) in [6, 6.07) is 0. The van der Waals surface area contributed by atoms with Crippen molar-refractivity contribution in [3.63, 3.8) is 0 Å². The number of hydrogen-bond acceptors (Lipinski definition) is 10. The third-order valence-electron chi connectivity index (χ3n) is 4.89. The Bertz CT molecular complexity index is 360. The zero-order valence-corrected chi connectivity index (χ0v) is 24.8. The molecule has 0 aromatic carbocycles. The van der Waals surface area contributed by atoms with Gasteiger partial charge < -0.3 is 47.4 Å². The Morgan fingerprint density at radius 3 is 0.763 bits per heavy atom. The average Bonchev–Trinajstić information content (AvgIpc) is 2.93. The van der Waals surface area contributed by atoms with E-state index >= 15 is 0 Å². The second-order valence-electron chi connectivity index (χ2n) is 8.73. The lowest BCUT2D eigenvalue weighted by Gasteiger charge is -2.21. The van der Waals surface area contributed by atoms with E-state index in [1.54, 1.807) is 0 Å². The summed E-state index contributed by atoms with van der Waals surface area (Å²) < 4.78 is 56.9. The van der Waals surface area contributed by atoms with Crippen LogP contribution in [0.5, 0.6) is 0 Å². The molecule has 0 amide bonds. The van der Waals surface area contributed by atoms with Gasteiger partial charge in [0.05, 0.1) is 92.5 Å². The van der Waals surface area contributed by atoms with Crippen molar-refractivity contribution in [1.82, 2.24) is 0 Å². The van der Waals surface area contributed by atoms with Gasteiger partial charge in [0.25, 0.3) is 0 Å². The molecule has 0 aliphatic carbocycles. The molecule has 0 radical (unpaired) electrons. The van der Waals surface area contributed by atoms with Crippen LogP contribution < -0.4 is 0 Å². The molecule has 0 fully saturated rings. The topological polar surface area (TPSA) is 92.3 Å². The Morgan fingerprint density at radius 1 is 0.289 bits per heavy atom. The van der Waals surface area contributed by atoms with E-state index in [0.717, 1.165) is 52.1 Å². The Balaban J connectivity index is 4.36. The lowest BCUT2D eigenvalue weighted by molar-refractivity contribution is -0.108. The highest BCUT2D eigenvalue weighted by Crippen LogP contribution is 2.01. The molecule has 0 N–H and O–H groups in total. The number of ether oxygens (including phenoxy) is 10. The number of hydrogen-bond donors (Lipinski definition) is 0. The van der Waals surface area contributed by atoms with Crippen LogP contribution in [-0.2, 0) is 47.4 Å². The smallest absolute Gasteiger partial charge is 0.104 e. The van der Waals surface area contributed by atoms with E-state index in [2.05, 4.69) is 27.7 Å². The van der Waals surface area contributed by atoms with Crippen LogP contribution in [0.15, 0.2) is 0 Å². The molecule has 0 unspecified atom stereocenters. The Kier molecular flexibility index (Phi) is 32.5. The SMILES string of the molecule is CCCOCCOCC(COCCOCCC)OCCOC(COCCOCCC)COCCOCCC. The monoisotopic (exact) mass is 554 g/mol. The van der Waals surface area contributed by atoms with Gasteiger partial charge in [-0.05, 0) is 25.7 Å². The fraction of sp³-hybridized carbons (Fsp3) is 1.00. The van der Waals surface area contributed by atoms with Crippen LogP contribution in [-0.4, -0.2) is 131 Å². The van der Waals surface area contributed by atoms with Crippen LogP contribution in [0.3, 0.4) is 0 Å². The van der Waals surface area contributed by atoms with E-state index in [9.17, 15) is 0 Å². The van der Waals surface area contributed by atoms with Crippen LogP contribution in [0.4, 0.5) is 0 Å². The Labute approximate surface area is 232 Å². The van der Waals surface area contributed by atoms with Crippen molar-refractivity contribution in [3.8, 4) is 0 Å². The molecule has 230 valence electrons. The molecule has 0 atom stereocenters. The minimum Gasteiger partial charge on any atom is -0.379 e. The first-order valence-electron chi connectivity index (χ1n) is 14.6. The first kappa shape index (κ1) is 37.6. The van der Waals surface area contributed by atoms with Crippen LogP contribution in [0.1, 0.15) is 53.4 Å². The van der Waals surface area contributed by atoms with E-state index in [1.807, 2.05) is 0 Å². The van der Waals surface area contributed by atoms with E-state index < -0.39 is 0 Å². The molecule has 0 aromatic heterocycles. The lowest BCUT2D eigenvalue weighted by atomic mass is 10.4. The first-order chi connectivity index (χ1) is 18.8. The van der Waals surface area contributed by atoms with Gasteiger partial charge in [-0.1, -0.05) is 27.7 Å². The summed E-state index contributed by atoms with van der Waals surface area (Å²) >= 11 is 0. The first-order valence-corrected chi connectivity index (χ1v) is 14.6.